The zero-order valence-corrected chi connectivity index (χ0v) is 11.8. The number of nitrogens with zero attached hydrogens (tertiary/aromatic N) is 1. The fourth-order valence-corrected chi connectivity index (χ4v) is 3.31. The van der Waals surface area contributed by atoms with E-state index in [1.54, 1.807) is 0 Å². The zero-order valence-electron chi connectivity index (χ0n) is 10.2. The molecule has 88 valence electrons. The SMILES string of the molecule is CCSCCC(C)N=C1NC(C)(C)CS1. The molecule has 0 aromatic carbocycles. The third-order valence-corrected chi connectivity index (χ3v) is 4.52. The quantitative estimate of drug-likeness (QED) is 0.755. The van der Waals surface area contributed by atoms with Crippen LogP contribution < -0.4 is 5.32 Å². The van der Waals surface area contributed by atoms with E-state index in [4.69, 9.17) is 4.99 Å². The Kier molecular flexibility index (Phi) is 5.33. The van der Waals surface area contributed by atoms with Gasteiger partial charge in [0.05, 0.1) is 6.04 Å². The monoisotopic (exact) mass is 246 g/mol. The molecular formula is C11H22N2S2. The highest BCUT2D eigenvalue weighted by atomic mass is 32.2. The van der Waals surface area contributed by atoms with Crippen molar-refractivity contribution in [3.8, 4) is 0 Å². The van der Waals surface area contributed by atoms with E-state index in [9.17, 15) is 0 Å². The molecule has 1 aliphatic heterocycles. The van der Waals surface area contributed by atoms with Crippen molar-refractivity contribution in [2.75, 3.05) is 17.3 Å². The summed E-state index contributed by atoms with van der Waals surface area (Å²) in [7, 11) is 0. The maximum atomic E-state index is 4.70. The minimum absolute atomic E-state index is 0.224. The van der Waals surface area contributed by atoms with Gasteiger partial charge >= 0.3 is 0 Å². The number of thioether (sulfide) groups is 2. The Morgan fingerprint density at radius 2 is 2.33 bits per heavy atom. The maximum Gasteiger partial charge on any atom is 0.157 e. The van der Waals surface area contributed by atoms with Crippen LogP contribution in [0.4, 0.5) is 0 Å². The van der Waals surface area contributed by atoms with E-state index in [1.807, 2.05) is 23.5 Å². The second-order valence-electron chi connectivity index (χ2n) is 4.57. The molecule has 0 spiro atoms. The van der Waals surface area contributed by atoms with E-state index in [-0.39, 0.29) is 5.54 Å². The van der Waals surface area contributed by atoms with E-state index in [1.165, 1.54) is 17.9 Å². The first-order valence-electron chi connectivity index (χ1n) is 5.60. The van der Waals surface area contributed by atoms with Crippen molar-refractivity contribution in [3.63, 3.8) is 0 Å². The second-order valence-corrected chi connectivity index (χ2v) is 6.92. The molecule has 1 saturated heterocycles. The standard InChI is InChI=1S/C11H22N2S2/c1-5-14-7-6-9(2)12-10-13-11(3,4)8-15-10/h9H,5-8H2,1-4H3,(H,12,13). The lowest BCUT2D eigenvalue weighted by molar-refractivity contribution is 0.534. The zero-order chi connectivity index (χ0) is 11.3. The third-order valence-electron chi connectivity index (χ3n) is 2.24. The topological polar surface area (TPSA) is 24.4 Å². The molecule has 0 amide bonds. The van der Waals surface area contributed by atoms with Crippen LogP contribution in [0.1, 0.15) is 34.1 Å². The fraction of sp³-hybridized carbons (Fsp3) is 0.909. The predicted molar refractivity (Wildman–Crippen MR) is 74.2 cm³/mol. The Bertz CT molecular complexity index is 227. The Morgan fingerprint density at radius 1 is 1.60 bits per heavy atom. The highest BCUT2D eigenvalue weighted by molar-refractivity contribution is 8.14. The summed E-state index contributed by atoms with van der Waals surface area (Å²) >= 11 is 3.85. The van der Waals surface area contributed by atoms with Crippen LogP contribution in [0.25, 0.3) is 0 Å². The molecule has 4 heteroatoms. The van der Waals surface area contributed by atoms with Gasteiger partial charge in [-0.1, -0.05) is 18.7 Å². The summed E-state index contributed by atoms with van der Waals surface area (Å²) in [6, 6.07) is 0.452. The van der Waals surface area contributed by atoms with Crippen LogP contribution in [0.3, 0.4) is 0 Å². The first-order chi connectivity index (χ1) is 7.03. The summed E-state index contributed by atoms with van der Waals surface area (Å²) in [6.45, 7) is 8.86. The van der Waals surface area contributed by atoms with Gasteiger partial charge in [0.2, 0.25) is 0 Å². The lowest BCUT2D eigenvalue weighted by Crippen LogP contribution is -2.37. The van der Waals surface area contributed by atoms with Gasteiger partial charge in [0.1, 0.15) is 0 Å². The molecule has 0 radical (unpaired) electrons. The third kappa shape index (κ3) is 5.16. The summed E-state index contributed by atoms with van der Waals surface area (Å²) in [5, 5.41) is 4.59. The van der Waals surface area contributed by atoms with Crippen LogP contribution >= 0.6 is 23.5 Å². The van der Waals surface area contributed by atoms with E-state index in [0.29, 0.717) is 6.04 Å². The average molecular weight is 246 g/mol. The number of nitrogens with one attached hydrogen (secondary N) is 1. The predicted octanol–water partition coefficient (Wildman–Crippen LogP) is 2.99. The average Bonchev–Trinajstić information content (AvgIpc) is 2.46. The van der Waals surface area contributed by atoms with Gasteiger partial charge in [0, 0.05) is 11.3 Å². The number of hydrogen-bond acceptors (Lipinski definition) is 3. The van der Waals surface area contributed by atoms with Crippen LogP contribution in [0.5, 0.6) is 0 Å². The summed E-state index contributed by atoms with van der Waals surface area (Å²) in [6.07, 6.45) is 1.19. The second kappa shape index (κ2) is 6.04. The van der Waals surface area contributed by atoms with Gasteiger partial charge in [-0.15, -0.1) is 0 Å². The Labute approximate surface area is 102 Å². The van der Waals surface area contributed by atoms with Gasteiger partial charge in [-0.25, -0.2) is 0 Å². The Balaban J connectivity index is 2.30. The molecule has 0 aromatic heterocycles. The van der Waals surface area contributed by atoms with Crippen molar-refractivity contribution in [2.45, 2.75) is 45.7 Å². The first kappa shape index (κ1) is 13.2. The van der Waals surface area contributed by atoms with Crippen LogP contribution in [-0.2, 0) is 0 Å². The molecule has 1 aliphatic rings. The normalized spacial score (nSPS) is 24.1. The Hall–Kier alpha value is 0.170. The van der Waals surface area contributed by atoms with Crippen molar-refractivity contribution < 1.29 is 0 Å². The fourth-order valence-electron chi connectivity index (χ4n) is 1.34. The minimum Gasteiger partial charge on any atom is -0.359 e. The summed E-state index contributed by atoms with van der Waals surface area (Å²) in [5.41, 5.74) is 0.224. The number of aliphatic imine (C=N–C) groups is 1. The molecule has 0 aromatic rings. The maximum absolute atomic E-state index is 4.70. The largest absolute Gasteiger partial charge is 0.359 e. The number of rotatable bonds is 5. The molecule has 1 atom stereocenters. The lowest BCUT2D eigenvalue weighted by atomic mass is 10.1. The van der Waals surface area contributed by atoms with Gasteiger partial charge < -0.3 is 5.32 Å². The smallest absolute Gasteiger partial charge is 0.157 e. The van der Waals surface area contributed by atoms with E-state index >= 15 is 0 Å². The molecule has 1 N–H and O–H groups in total. The highest BCUT2D eigenvalue weighted by Gasteiger charge is 2.27. The van der Waals surface area contributed by atoms with Crippen LogP contribution in [-0.4, -0.2) is 34.0 Å². The Morgan fingerprint density at radius 3 is 2.87 bits per heavy atom. The number of amidine groups is 1. The molecule has 1 fully saturated rings. The molecule has 15 heavy (non-hydrogen) atoms. The molecular weight excluding hydrogens is 224 g/mol. The molecule has 1 rings (SSSR count). The van der Waals surface area contributed by atoms with Crippen molar-refractivity contribution in [1.29, 1.82) is 0 Å². The van der Waals surface area contributed by atoms with E-state index < -0.39 is 0 Å². The number of hydrogen-bond donors (Lipinski definition) is 1. The van der Waals surface area contributed by atoms with E-state index in [0.717, 1.165) is 10.9 Å². The van der Waals surface area contributed by atoms with Gasteiger partial charge in [-0.05, 0) is 38.7 Å². The highest BCUT2D eigenvalue weighted by Crippen LogP contribution is 2.22. The van der Waals surface area contributed by atoms with E-state index in [2.05, 4.69) is 33.0 Å². The van der Waals surface area contributed by atoms with Crippen molar-refractivity contribution >= 4 is 28.7 Å². The van der Waals surface area contributed by atoms with Crippen molar-refractivity contribution in [2.24, 2.45) is 4.99 Å². The van der Waals surface area contributed by atoms with Crippen LogP contribution in [0.2, 0.25) is 0 Å². The molecule has 1 unspecified atom stereocenters. The minimum atomic E-state index is 0.224. The summed E-state index contributed by atoms with van der Waals surface area (Å²) < 4.78 is 0. The van der Waals surface area contributed by atoms with Gasteiger partial charge in [0.25, 0.3) is 0 Å². The molecule has 0 saturated carbocycles. The van der Waals surface area contributed by atoms with Gasteiger partial charge in [-0.2, -0.15) is 11.8 Å². The van der Waals surface area contributed by atoms with Crippen molar-refractivity contribution in [3.05, 3.63) is 0 Å². The molecule has 2 nitrogen and oxygen atoms in total. The van der Waals surface area contributed by atoms with Gasteiger partial charge in [-0.3, -0.25) is 4.99 Å². The van der Waals surface area contributed by atoms with Crippen LogP contribution in [0, 0.1) is 0 Å². The van der Waals surface area contributed by atoms with Crippen LogP contribution in [0.15, 0.2) is 4.99 Å². The van der Waals surface area contributed by atoms with Gasteiger partial charge in [0.15, 0.2) is 5.17 Å². The molecule has 0 bridgehead atoms. The lowest BCUT2D eigenvalue weighted by Gasteiger charge is -2.16. The summed E-state index contributed by atoms with van der Waals surface area (Å²) in [4.78, 5) is 4.70. The summed E-state index contributed by atoms with van der Waals surface area (Å²) in [5.74, 6) is 3.56. The first-order valence-corrected chi connectivity index (χ1v) is 7.74. The van der Waals surface area contributed by atoms with Crippen molar-refractivity contribution in [1.82, 2.24) is 5.32 Å². The molecule has 1 heterocycles. The molecule has 0 aliphatic carbocycles.